The Bertz CT molecular complexity index is 449. The number of aryl methyl sites for hydroxylation is 1. The lowest BCUT2D eigenvalue weighted by molar-refractivity contribution is 0.281. The summed E-state index contributed by atoms with van der Waals surface area (Å²) in [4.78, 5) is 0. The van der Waals surface area contributed by atoms with E-state index in [4.69, 9.17) is 17.3 Å². The molecule has 4 atom stereocenters. The van der Waals surface area contributed by atoms with E-state index in [1.54, 1.807) is 0 Å². The molecule has 1 saturated carbocycles. The summed E-state index contributed by atoms with van der Waals surface area (Å²) in [6, 6.07) is 7.35. The van der Waals surface area contributed by atoms with Gasteiger partial charge in [-0.1, -0.05) is 17.7 Å². The van der Waals surface area contributed by atoms with Gasteiger partial charge in [-0.25, -0.2) is 5.43 Å². The van der Waals surface area contributed by atoms with E-state index in [0.29, 0.717) is 24.0 Å². The van der Waals surface area contributed by atoms with Gasteiger partial charge in [-0.3, -0.25) is 5.43 Å². The van der Waals surface area contributed by atoms with Gasteiger partial charge < -0.3 is 5.73 Å². The number of nitrogens with two attached hydrogens (primary N) is 1. The van der Waals surface area contributed by atoms with Crippen LogP contribution >= 0.6 is 11.6 Å². The quantitative estimate of drug-likeness (QED) is 0.730. The zero-order valence-corrected chi connectivity index (χ0v) is 11.4. The number of hydrazine groups is 1. The Morgan fingerprint density at radius 3 is 2.94 bits per heavy atom. The van der Waals surface area contributed by atoms with Crippen LogP contribution in [0.4, 0.5) is 0 Å². The van der Waals surface area contributed by atoms with Crippen molar-refractivity contribution in [2.45, 2.75) is 44.3 Å². The molecule has 3 nitrogen and oxygen atoms in total. The number of fused-ring (bicyclic) bond motifs is 1. The van der Waals surface area contributed by atoms with E-state index < -0.39 is 0 Å². The monoisotopic (exact) mass is 265 g/mol. The summed E-state index contributed by atoms with van der Waals surface area (Å²) in [5, 5.41) is 0.813. The van der Waals surface area contributed by atoms with Gasteiger partial charge in [0, 0.05) is 17.1 Å². The summed E-state index contributed by atoms with van der Waals surface area (Å²) in [7, 11) is 0. The van der Waals surface area contributed by atoms with Gasteiger partial charge in [0.1, 0.15) is 0 Å². The number of halogens is 1. The summed E-state index contributed by atoms with van der Waals surface area (Å²) in [6.45, 7) is 2.15. The molecule has 4 unspecified atom stereocenters. The second-order valence-corrected chi connectivity index (χ2v) is 6.05. The van der Waals surface area contributed by atoms with Gasteiger partial charge in [-0.15, -0.1) is 0 Å². The summed E-state index contributed by atoms with van der Waals surface area (Å²) in [6.07, 6.45) is 3.37. The standard InChI is InChI=1S/C14H20ClN3/c1-8-2-3-9(15)6-12(8)14-11-5-4-10(16)7-13(11)17-18-14/h2-3,6,10-11,13-14,17-18H,4-5,7,16H2,1H3. The van der Waals surface area contributed by atoms with Gasteiger partial charge in [0.25, 0.3) is 0 Å². The van der Waals surface area contributed by atoms with Crippen LogP contribution in [-0.4, -0.2) is 12.1 Å². The topological polar surface area (TPSA) is 50.1 Å². The average molecular weight is 266 g/mol. The van der Waals surface area contributed by atoms with Gasteiger partial charge in [0.2, 0.25) is 0 Å². The summed E-state index contributed by atoms with van der Waals surface area (Å²) < 4.78 is 0. The summed E-state index contributed by atoms with van der Waals surface area (Å²) in [5.74, 6) is 0.627. The summed E-state index contributed by atoms with van der Waals surface area (Å²) >= 11 is 6.13. The molecule has 0 spiro atoms. The highest BCUT2D eigenvalue weighted by Gasteiger charge is 2.40. The lowest BCUT2D eigenvalue weighted by atomic mass is 9.77. The molecule has 1 aromatic rings. The molecule has 0 bridgehead atoms. The minimum Gasteiger partial charge on any atom is -0.328 e. The van der Waals surface area contributed by atoms with Crippen molar-refractivity contribution in [1.29, 1.82) is 0 Å². The third-order valence-electron chi connectivity index (χ3n) is 4.37. The molecule has 0 amide bonds. The first-order valence-electron chi connectivity index (χ1n) is 6.68. The zero-order valence-electron chi connectivity index (χ0n) is 10.6. The van der Waals surface area contributed by atoms with E-state index in [0.717, 1.165) is 17.9 Å². The molecule has 2 fully saturated rings. The van der Waals surface area contributed by atoms with Crippen LogP contribution < -0.4 is 16.6 Å². The molecular weight excluding hydrogens is 246 g/mol. The minimum atomic E-state index is 0.347. The Kier molecular flexibility index (Phi) is 3.32. The normalized spacial score (nSPS) is 35.5. The molecule has 18 heavy (non-hydrogen) atoms. The van der Waals surface area contributed by atoms with Crippen molar-refractivity contribution in [2.75, 3.05) is 0 Å². The van der Waals surface area contributed by atoms with E-state index in [9.17, 15) is 0 Å². The van der Waals surface area contributed by atoms with E-state index in [1.165, 1.54) is 17.5 Å². The number of benzene rings is 1. The lowest BCUT2D eigenvalue weighted by Gasteiger charge is -2.31. The maximum absolute atomic E-state index is 6.13. The van der Waals surface area contributed by atoms with Crippen LogP contribution in [0.5, 0.6) is 0 Å². The van der Waals surface area contributed by atoms with Crippen LogP contribution in [0.15, 0.2) is 18.2 Å². The maximum atomic E-state index is 6.13. The first-order chi connectivity index (χ1) is 8.65. The fourth-order valence-electron chi connectivity index (χ4n) is 3.35. The fourth-order valence-corrected chi connectivity index (χ4v) is 3.53. The maximum Gasteiger partial charge on any atom is 0.0509 e. The minimum absolute atomic E-state index is 0.347. The third-order valence-corrected chi connectivity index (χ3v) is 4.61. The van der Waals surface area contributed by atoms with Crippen LogP contribution in [0, 0.1) is 12.8 Å². The second kappa shape index (κ2) is 4.82. The van der Waals surface area contributed by atoms with Crippen molar-refractivity contribution in [2.24, 2.45) is 11.7 Å². The van der Waals surface area contributed by atoms with Gasteiger partial charge in [0.15, 0.2) is 0 Å². The van der Waals surface area contributed by atoms with Crippen LogP contribution in [0.25, 0.3) is 0 Å². The molecule has 1 aliphatic carbocycles. The fraction of sp³-hybridized carbons (Fsp3) is 0.571. The smallest absolute Gasteiger partial charge is 0.0509 e. The van der Waals surface area contributed by atoms with Crippen molar-refractivity contribution in [3.63, 3.8) is 0 Å². The highest BCUT2D eigenvalue weighted by molar-refractivity contribution is 6.30. The predicted molar refractivity (Wildman–Crippen MR) is 74.3 cm³/mol. The van der Waals surface area contributed by atoms with Crippen LogP contribution in [-0.2, 0) is 0 Å². The lowest BCUT2D eigenvalue weighted by Crippen LogP contribution is -2.41. The van der Waals surface area contributed by atoms with Crippen molar-refractivity contribution >= 4 is 11.6 Å². The van der Waals surface area contributed by atoms with Crippen LogP contribution in [0.2, 0.25) is 5.02 Å². The molecule has 98 valence electrons. The largest absolute Gasteiger partial charge is 0.328 e. The first-order valence-corrected chi connectivity index (χ1v) is 7.05. The molecule has 0 radical (unpaired) electrons. The highest BCUT2D eigenvalue weighted by atomic mass is 35.5. The van der Waals surface area contributed by atoms with E-state index in [-0.39, 0.29) is 0 Å². The Hall–Kier alpha value is -0.610. The average Bonchev–Trinajstić information content (AvgIpc) is 2.75. The molecule has 1 saturated heterocycles. The zero-order chi connectivity index (χ0) is 12.7. The predicted octanol–water partition coefficient (Wildman–Crippen LogP) is 2.29. The van der Waals surface area contributed by atoms with Gasteiger partial charge in [0.05, 0.1) is 6.04 Å². The SMILES string of the molecule is Cc1ccc(Cl)cc1C1NNC2CC(N)CCC21. The molecule has 4 N–H and O–H groups in total. The Morgan fingerprint density at radius 2 is 2.11 bits per heavy atom. The van der Waals surface area contributed by atoms with Crippen molar-refractivity contribution < 1.29 is 0 Å². The molecule has 1 heterocycles. The van der Waals surface area contributed by atoms with Crippen LogP contribution in [0.1, 0.15) is 36.4 Å². The van der Waals surface area contributed by atoms with Gasteiger partial charge >= 0.3 is 0 Å². The molecule has 4 heteroatoms. The first kappa shape index (κ1) is 12.4. The molecule has 1 aliphatic heterocycles. The molecule has 2 aliphatic rings. The van der Waals surface area contributed by atoms with E-state index in [2.05, 4.69) is 29.9 Å². The number of rotatable bonds is 1. The Balaban J connectivity index is 1.87. The third kappa shape index (κ3) is 2.16. The van der Waals surface area contributed by atoms with Crippen LogP contribution in [0.3, 0.4) is 0 Å². The van der Waals surface area contributed by atoms with E-state index >= 15 is 0 Å². The molecule has 0 aromatic heterocycles. The Labute approximate surface area is 113 Å². The second-order valence-electron chi connectivity index (χ2n) is 5.61. The van der Waals surface area contributed by atoms with Crippen molar-refractivity contribution in [3.8, 4) is 0 Å². The Morgan fingerprint density at radius 1 is 1.28 bits per heavy atom. The molecular formula is C14H20ClN3. The van der Waals surface area contributed by atoms with Gasteiger partial charge in [-0.2, -0.15) is 0 Å². The van der Waals surface area contributed by atoms with Gasteiger partial charge in [-0.05, 0) is 55.4 Å². The van der Waals surface area contributed by atoms with Crippen molar-refractivity contribution in [3.05, 3.63) is 34.3 Å². The van der Waals surface area contributed by atoms with E-state index in [1.807, 2.05) is 6.07 Å². The number of nitrogens with one attached hydrogen (secondary N) is 2. The number of hydrogen-bond acceptors (Lipinski definition) is 3. The summed E-state index contributed by atoms with van der Waals surface area (Å²) in [5.41, 5.74) is 15.5. The highest BCUT2D eigenvalue weighted by Crippen LogP contribution is 2.39. The molecule has 3 rings (SSSR count). The molecule has 1 aromatic carbocycles. The number of hydrogen-bond donors (Lipinski definition) is 3. The van der Waals surface area contributed by atoms with Crippen molar-refractivity contribution in [1.82, 2.24) is 10.9 Å².